The molecular weight excluding hydrogens is 308 g/mol. The number of hydrogen-bond donors (Lipinski definition) is 1. The van der Waals surface area contributed by atoms with Crippen LogP contribution < -0.4 is 5.32 Å². The van der Waals surface area contributed by atoms with E-state index in [1.807, 2.05) is 7.05 Å². The Hall–Kier alpha value is -0.620. The molecule has 0 radical (unpaired) electrons. The molecule has 0 saturated carbocycles. The lowest BCUT2D eigenvalue weighted by atomic mass is 9.83. The Kier molecular flexibility index (Phi) is 4.98. The van der Waals surface area contributed by atoms with Gasteiger partial charge in [-0.2, -0.15) is 4.31 Å². The zero-order chi connectivity index (χ0) is 15.7. The molecule has 4 nitrogen and oxygen atoms in total. The summed E-state index contributed by atoms with van der Waals surface area (Å²) in [6.07, 6.45) is 1.77. The number of nitrogens with one attached hydrogen (secondary N) is 1. The normalized spacial score (nSPS) is 19.6. The third-order valence-corrected chi connectivity index (χ3v) is 6.35. The second kappa shape index (κ2) is 6.24. The molecule has 21 heavy (non-hydrogen) atoms. The van der Waals surface area contributed by atoms with Crippen LogP contribution in [-0.4, -0.2) is 32.9 Å². The van der Waals surface area contributed by atoms with Crippen LogP contribution in [-0.2, 0) is 16.6 Å². The Bertz CT molecular complexity index is 604. The van der Waals surface area contributed by atoms with Gasteiger partial charge in [0.05, 0.1) is 4.90 Å². The first-order chi connectivity index (χ1) is 9.76. The van der Waals surface area contributed by atoms with Crippen LogP contribution in [0.5, 0.6) is 0 Å². The molecule has 0 spiro atoms. The first kappa shape index (κ1) is 16.7. The van der Waals surface area contributed by atoms with Crippen molar-refractivity contribution in [2.45, 2.75) is 38.1 Å². The number of benzene rings is 1. The molecule has 2 rings (SSSR count). The average molecular weight is 331 g/mol. The first-order valence-corrected chi connectivity index (χ1v) is 9.01. The standard InChI is InChI=1S/C15H23ClN2O2S/c1-15(2)6-8-18(9-7-15)21(19,20)13-5-4-12(11-17-3)14(16)10-13/h4-5,10,17H,6-9,11H2,1-3H3. The Labute approximate surface area is 132 Å². The van der Waals surface area contributed by atoms with Gasteiger partial charge in [-0.25, -0.2) is 8.42 Å². The van der Waals surface area contributed by atoms with E-state index in [1.54, 1.807) is 22.5 Å². The van der Waals surface area contributed by atoms with Gasteiger partial charge in [-0.15, -0.1) is 0 Å². The van der Waals surface area contributed by atoms with Crippen molar-refractivity contribution < 1.29 is 8.42 Å². The molecule has 1 aliphatic rings. The van der Waals surface area contributed by atoms with Crippen molar-refractivity contribution in [3.8, 4) is 0 Å². The molecule has 1 heterocycles. The van der Waals surface area contributed by atoms with E-state index in [0.717, 1.165) is 18.4 Å². The number of rotatable bonds is 4. The lowest BCUT2D eigenvalue weighted by molar-refractivity contribution is 0.196. The molecule has 0 atom stereocenters. The maximum absolute atomic E-state index is 12.7. The van der Waals surface area contributed by atoms with Crippen LogP contribution in [0.1, 0.15) is 32.3 Å². The van der Waals surface area contributed by atoms with Crippen molar-refractivity contribution in [1.29, 1.82) is 0 Å². The van der Waals surface area contributed by atoms with Gasteiger partial charge in [0.15, 0.2) is 0 Å². The highest BCUT2D eigenvalue weighted by Gasteiger charge is 2.32. The molecule has 0 aliphatic carbocycles. The Morgan fingerprint density at radius 1 is 1.29 bits per heavy atom. The van der Waals surface area contributed by atoms with Gasteiger partial charge < -0.3 is 5.32 Å². The summed E-state index contributed by atoms with van der Waals surface area (Å²) >= 11 is 6.18. The largest absolute Gasteiger partial charge is 0.316 e. The topological polar surface area (TPSA) is 49.4 Å². The third kappa shape index (κ3) is 3.77. The molecule has 1 aromatic carbocycles. The molecule has 0 unspecified atom stereocenters. The van der Waals surface area contributed by atoms with Crippen molar-refractivity contribution >= 4 is 21.6 Å². The quantitative estimate of drug-likeness (QED) is 0.923. The van der Waals surface area contributed by atoms with E-state index in [4.69, 9.17) is 11.6 Å². The van der Waals surface area contributed by atoms with Crippen LogP contribution in [0.2, 0.25) is 5.02 Å². The van der Waals surface area contributed by atoms with Crippen LogP contribution in [0.3, 0.4) is 0 Å². The van der Waals surface area contributed by atoms with Crippen LogP contribution in [0.25, 0.3) is 0 Å². The Morgan fingerprint density at radius 3 is 2.43 bits per heavy atom. The highest BCUT2D eigenvalue weighted by molar-refractivity contribution is 7.89. The van der Waals surface area contributed by atoms with Crippen molar-refractivity contribution in [1.82, 2.24) is 9.62 Å². The molecule has 1 aromatic rings. The fourth-order valence-corrected chi connectivity index (χ4v) is 4.28. The van der Waals surface area contributed by atoms with Crippen molar-refractivity contribution in [3.05, 3.63) is 28.8 Å². The van der Waals surface area contributed by atoms with Crippen LogP contribution >= 0.6 is 11.6 Å². The van der Waals surface area contributed by atoms with Crippen molar-refractivity contribution in [3.63, 3.8) is 0 Å². The van der Waals surface area contributed by atoms with E-state index >= 15 is 0 Å². The lowest BCUT2D eigenvalue weighted by Crippen LogP contribution is -2.41. The Balaban J connectivity index is 2.22. The van der Waals surface area contributed by atoms with Gasteiger partial charge in [-0.05, 0) is 43.0 Å². The first-order valence-electron chi connectivity index (χ1n) is 7.19. The number of halogens is 1. The predicted octanol–water partition coefficient (Wildman–Crippen LogP) is 2.87. The predicted molar refractivity (Wildman–Crippen MR) is 86.0 cm³/mol. The van der Waals surface area contributed by atoms with E-state index in [0.29, 0.717) is 24.7 Å². The molecule has 0 aromatic heterocycles. The zero-order valence-electron chi connectivity index (χ0n) is 12.8. The van der Waals surface area contributed by atoms with Crippen LogP contribution in [0, 0.1) is 5.41 Å². The molecule has 118 valence electrons. The molecule has 0 amide bonds. The molecule has 1 saturated heterocycles. The minimum absolute atomic E-state index is 0.223. The van der Waals surface area contributed by atoms with Gasteiger partial charge in [0.25, 0.3) is 0 Å². The molecule has 1 aliphatic heterocycles. The van der Waals surface area contributed by atoms with Gasteiger partial charge in [0.1, 0.15) is 0 Å². The fraction of sp³-hybridized carbons (Fsp3) is 0.600. The molecule has 0 bridgehead atoms. The summed E-state index contributed by atoms with van der Waals surface area (Å²) in [5.41, 5.74) is 1.12. The summed E-state index contributed by atoms with van der Waals surface area (Å²) in [7, 11) is -1.61. The van der Waals surface area contributed by atoms with E-state index in [-0.39, 0.29) is 10.3 Å². The summed E-state index contributed by atoms with van der Waals surface area (Å²) in [5.74, 6) is 0. The van der Waals surface area contributed by atoms with E-state index < -0.39 is 10.0 Å². The fourth-order valence-electron chi connectivity index (χ4n) is 2.50. The minimum atomic E-state index is -3.44. The van der Waals surface area contributed by atoms with Crippen LogP contribution in [0.15, 0.2) is 23.1 Å². The minimum Gasteiger partial charge on any atom is -0.316 e. The van der Waals surface area contributed by atoms with Gasteiger partial charge in [0.2, 0.25) is 10.0 Å². The summed E-state index contributed by atoms with van der Waals surface area (Å²) in [6, 6.07) is 4.98. The zero-order valence-corrected chi connectivity index (χ0v) is 14.4. The number of sulfonamides is 1. The van der Waals surface area contributed by atoms with Gasteiger partial charge in [0, 0.05) is 24.7 Å². The number of nitrogens with zero attached hydrogens (tertiary/aromatic N) is 1. The van der Waals surface area contributed by atoms with Gasteiger partial charge >= 0.3 is 0 Å². The highest BCUT2D eigenvalue weighted by atomic mass is 35.5. The van der Waals surface area contributed by atoms with E-state index in [2.05, 4.69) is 19.2 Å². The third-order valence-electron chi connectivity index (χ3n) is 4.11. The maximum Gasteiger partial charge on any atom is 0.243 e. The molecule has 6 heteroatoms. The summed E-state index contributed by atoms with van der Waals surface area (Å²) in [4.78, 5) is 0.284. The van der Waals surface area contributed by atoms with E-state index in [9.17, 15) is 8.42 Å². The van der Waals surface area contributed by atoms with Gasteiger partial charge in [-0.1, -0.05) is 31.5 Å². The summed E-state index contributed by atoms with van der Waals surface area (Å²) < 4.78 is 26.9. The van der Waals surface area contributed by atoms with Crippen molar-refractivity contribution in [2.75, 3.05) is 20.1 Å². The molecular formula is C15H23ClN2O2S. The number of hydrogen-bond acceptors (Lipinski definition) is 3. The van der Waals surface area contributed by atoms with E-state index in [1.165, 1.54) is 0 Å². The lowest BCUT2D eigenvalue weighted by Gasteiger charge is -2.36. The molecule has 1 N–H and O–H groups in total. The SMILES string of the molecule is CNCc1ccc(S(=O)(=O)N2CCC(C)(C)CC2)cc1Cl. The van der Waals surface area contributed by atoms with Gasteiger partial charge in [-0.3, -0.25) is 0 Å². The maximum atomic E-state index is 12.7. The van der Waals surface area contributed by atoms with Crippen LogP contribution in [0.4, 0.5) is 0 Å². The smallest absolute Gasteiger partial charge is 0.243 e. The Morgan fingerprint density at radius 2 is 1.90 bits per heavy atom. The second-order valence-corrected chi connectivity index (χ2v) is 8.70. The highest BCUT2D eigenvalue weighted by Crippen LogP contribution is 2.33. The molecule has 1 fully saturated rings. The summed E-state index contributed by atoms with van der Waals surface area (Å²) in [6.45, 7) is 6.13. The van der Waals surface area contributed by atoms with Crippen molar-refractivity contribution in [2.24, 2.45) is 5.41 Å². The number of piperidine rings is 1. The summed E-state index contributed by atoms with van der Waals surface area (Å²) in [5, 5.41) is 3.50. The monoisotopic (exact) mass is 330 g/mol. The second-order valence-electron chi connectivity index (χ2n) is 6.35. The average Bonchev–Trinajstić information content (AvgIpc) is 2.40.